The molecule has 0 radical (unpaired) electrons. The van der Waals surface area contributed by atoms with Crippen LogP contribution in [0.3, 0.4) is 0 Å². The second-order valence-corrected chi connectivity index (χ2v) is 10.3. The summed E-state index contributed by atoms with van der Waals surface area (Å²) in [6, 6.07) is 17.2. The van der Waals surface area contributed by atoms with Gasteiger partial charge in [0.1, 0.15) is 17.2 Å². The number of hydrogen-bond donors (Lipinski definition) is 0. The first kappa shape index (κ1) is 22.4. The van der Waals surface area contributed by atoms with Crippen molar-refractivity contribution in [2.75, 3.05) is 13.1 Å². The number of aldehydes is 1. The van der Waals surface area contributed by atoms with Crippen LogP contribution in [0.5, 0.6) is 0 Å². The zero-order valence-corrected chi connectivity index (χ0v) is 19.4. The second kappa shape index (κ2) is 8.73. The maximum atomic E-state index is 14.1. The molecule has 4 aromatic rings. The molecule has 0 unspecified atom stereocenters. The number of aromatic nitrogens is 3. The van der Waals surface area contributed by atoms with E-state index in [9.17, 15) is 17.6 Å². The lowest BCUT2D eigenvalue weighted by molar-refractivity contribution is 0.111. The smallest absolute Gasteiger partial charge is 0.243 e. The summed E-state index contributed by atoms with van der Waals surface area (Å²) in [5.74, 6) is -0.0358. The van der Waals surface area contributed by atoms with E-state index in [1.807, 2.05) is 49.4 Å². The molecule has 1 aliphatic heterocycles. The van der Waals surface area contributed by atoms with Crippen molar-refractivity contribution in [2.45, 2.75) is 30.7 Å². The number of nitrogens with zero attached hydrogens (tertiary/aromatic N) is 4. The van der Waals surface area contributed by atoms with Crippen LogP contribution in [0.1, 0.15) is 34.9 Å². The highest BCUT2D eigenvalue weighted by atomic mass is 32.2. The molecule has 0 atom stereocenters. The normalized spacial score (nSPS) is 15.6. The van der Waals surface area contributed by atoms with Crippen molar-refractivity contribution in [1.82, 2.24) is 18.8 Å². The number of piperidine rings is 1. The van der Waals surface area contributed by atoms with Gasteiger partial charge in [0.2, 0.25) is 10.0 Å². The van der Waals surface area contributed by atoms with E-state index >= 15 is 0 Å². The van der Waals surface area contributed by atoms with Gasteiger partial charge in [-0.1, -0.05) is 30.3 Å². The molecule has 1 aliphatic rings. The Hall–Kier alpha value is -3.43. The molecule has 0 bridgehead atoms. The number of fused-ring (bicyclic) bond motifs is 1. The summed E-state index contributed by atoms with van der Waals surface area (Å²) < 4.78 is 43.8. The van der Waals surface area contributed by atoms with Gasteiger partial charge in [-0.2, -0.15) is 4.31 Å². The minimum absolute atomic E-state index is 0.00938. The fourth-order valence-corrected chi connectivity index (χ4v) is 5.94. The molecule has 0 saturated carbocycles. The second-order valence-electron chi connectivity index (χ2n) is 8.40. The van der Waals surface area contributed by atoms with E-state index in [2.05, 4.69) is 4.57 Å². The zero-order chi connectivity index (χ0) is 23.9. The molecule has 9 heteroatoms. The Balaban J connectivity index is 1.46. The van der Waals surface area contributed by atoms with Crippen LogP contribution in [0.2, 0.25) is 0 Å². The molecule has 2 aromatic heterocycles. The molecule has 2 aromatic carbocycles. The van der Waals surface area contributed by atoms with Gasteiger partial charge >= 0.3 is 0 Å². The molecule has 3 heterocycles. The van der Waals surface area contributed by atoms with Crippen LogP contribution in [0.25, 0.3) is 22.6 Å². The van der Waals surface area contributed by atoms with E-state index in [1.165, 1.54) is 16.4 Å². The van der Waals surface area contributed by atoms with Crippen LogP contribution >= 0.6 is 0 Å². The van der Waals surface area contributed by atoms with Crippen molar-refractivity contribution >= 4 is 27.5 Å². The third-order valence-electron chi connectivity index (χ3n) is 6.23. The Labute approximate surface area is 196 Å². The third-order valence-corrected chi connectivity index (χ3v) is 8.13. The van der Waals surface area contributed by atoms with Gasteiger partial charge in [0.05, 0.1) is 10.5 Å². The highest BCUT2D eigenvalue weighted by Gasteiger charge is 2.32. The topological polar surface area (TPSA) is 85.2 Å². The van der Waals surface area contributed by atoms with E-state index in [-0.39, 0.29) is 29.6 Å². The number of sulfonamides is 1. The summed E-state index contributed by atoms with van der Waals surface area (Å²) in [5.41, 5.74) is 3.27. The standard InChI is InChI=1S/C25H23FN4O3S/c1-17-7-10-23-25(27-17)30(24(28-23)18-5-3-2-4-6-18)20-11-13-29(14-12-20)34(32,33)21-9-8-19(16-31)22(26)15-21/h2-10,15-16,20H,11-14H2,1H3. The first-order chi connectivity index (χ1) is 16.4. The van der Waals surface area contributed by atoms with Crippen molar-refractivity contribution in [2.24, 2.45) is 0 Å². The van der Waals surface area contributed by atoms with Gasteiger partial charge in [0.25, 0.3) is 0 Å². The van der Waals surface area contributed by atoms with Crippen molar-refractivity contribution in [3.05, 3.63) is 77.7 Å². The molecule has 7 nitrogen and oxygen atoms in total. The summed E-state index contributed by atoms with van der Waals surface area (Å²) in [7, 11) is -3.88. The monoisotopic (exact) mass is 478 g/mol. The summed E-state index contributed by atoms with van der Waals surface area (Å²) >= 11 is 0. The maximum Gasteiger partial charge on any atom is 0.243 e. The summed E-state index contributed by atoms with van der Waals surface area (Å²) in [4.78, 5) is 20.3. The van der Waals surface area contributed by atoms with E-state index in [4.69, 9.17) is 9.97 Å². The van der Waals surface area contributed by atoms with Gasteiger partial charge in [-0.3, -0.25) is 4.79 Å². The molecule has 0 amide bonds. The largest absolute Gasteiger partial charge is 0.305 e. The van der Waals surface area contributed by atoms with Crippen LogP contribution < -0.4 is 0 Å². The number of benzene rings is 2. The van der Waals surface area contributed by atoms with Crippen LogP contribution in [0, 0.1) is 12.7 Å². The molecule has 34 heavy (non-hydrogen) atoms. The number of aryl methyl sites for hydroxylation is 1. The lowest BCUT2D eigenvalue weighted by atomic mass is 10.1. The van der Waals surface area contributed by atoms with Gasteiger partial charge in [-0.15, -0.1) is 0 Å². The van der Waals surface area contributed by atoms with Crippen molar-refractivity contribution in [3.63, 3.8) is 0 Å². The predicted molar refractivity (Wildman–Crippen MR) is 127 cm³/mol. The molecule has 0 spiro atoms. The van der Waals surface area contributed by atoms with Gasteiger partial charge in [0.15, 0.2) is 11.9 Å². The lowest BCUT2D eigenvalue weighted by Crippen LogP contribution is -2.39. The molecule has 174 valence electrons. The number of carbonyl (C=O) groups excluding carboxylic acids is 1. The SMILES string of the molecule is Cc1ccc2nc(-c3ccccc3)n(C3CCN(S(=O)(=O)c4ccc(C=O)c(F)c4)CC3)c2n1. The highest BCUT2D eigenvalue weighted by molar-refractivity contribution is 7.89. The van der Waals surface area contributed by atoms with Crippen LogP contribution in [0.4, 0.5) is 4.39 Å². The van der Waals surface area contributed by atoms with Crippen LogP contribution in [-0.2, 0) is 10.0 Å². The molecule has 0 aliphatic carbocycles. The minimum Gasteiger partial charge on any atom is -0.305 e. The number of rotatable bonds is 5. The number of hydrogen-bond acceptors (Lipinski definition) is 5. The molecular weight excluding hydrogens is 455 g/mol. The average Bonchev–Trinajstić information content (AvgIpc) is 3.23. The number of imidazole rings is 1. The Kier molecular flexibility index (Phi) is 5.75. The van der Waals surface area contributed by atoms with E-state index in [0.717, 1.165) is 34.3 Å². The molecule has 1 fully saturated rings. The fraction of sp³-hybridized carbons (Fsp3) is 0.240. The van der Waals surface area contributed by atoms with Crippen LogP contribution in [-0.4, -0.2) is 46.6 Å². The Bertz CT molecular complexity index is 1480. The summed E-state index contributed by atoms with van der Waals surface area (Å²) in [6.45, 7) is 2.50. The van der Waals surface area contributed by atoms with Crippen LogP contribution in [0.15, 0.2) is 65.6 Å². The average molecular weight is 479 g/mol. The first-order valence-corrected chi connectivity index (χ1v) is 12.5. The fourth-order valence-electron chi connectivity index (χ4n) is 4.46. The van der Waals surface area contributed by atoms with Gasteiger partial charge in [0, 0.05) is 30.4 Å². The summed E-state index contributed by atoms with van der Waals surface area (Å²) in [5, 5.41) is 0. The number of halogens is 1. The molecular formula is C25H23FN4O3S. The van der Waals surface area contributed by atoms with Gasteiger partial charge in [-0.25, -0.2) is 22.8 Å². The quantitative estimate of drug-likeness (QED) is 0.397. The van der Waals surface area contributed by atoms with E-state index < -0.39 is 15.8 Å². The lowest BCUT2D eigenvalue weighted by Gasteiger charge is -2.32. The zero-order valence-electron chi connectivity index (χ0n) is 18.6. The molecule has 5 rings (SSSR count). The summed E-state index contributed by atoms with van der Waals surface area (Å²) in [6.07, 6.45) is 1.50. The number of carbonyl (C=O) groups is 1. The maximum absolute atomic E-state index is 14.1. The number of pyridine rings is 1. The van der Waals surface area contributed by atoms with Crippen molar-refractivity contribution < 1.29 is 17.6 Å². The van der Waals surface area contributed by atoms with Gasteiger partial charge in [-0.05, 0) is 50.1 Å². The molecule has 1 saturated heterocycles. The van der Waals surface area contributed by atoms with Crippen molar-refractivity contribution in [3.8, 4) is 11.4 Å². The Morgan fingerprint density at radius 2 is 1.74 bits per heavy atom. The van der Waals surface area contributed by atoms with E-state index in [1.54, 1.807) is 0 Å². The third kappa shape index (κ3) is 3.91. The highest BCUT2D eigenvalue weighted by Crippen LogP contribution is 2.34. The minimum atomic E-state index is -3.88. The Morgan fingerprint density at radius 1 is 1.00 bits per heavy atom. The molecule has 0 N–H and O–H groups in total. The van der Waals surface area contributed by atoms with Gasteiger partial charge < -0.3 is 4.57 Å². The van der Waals surface area contributed by atoms with E-state index in [0.29, 0.717) is 19.1 Å². The van der Waals surface area contributed by atoms with Crippen molar-refractivity contribution in [1.29, 1.82) is 0 Å². The predicted octanol–water partition coefficient (Wildman–Crippen LogP) is 4.38. The first-order valence-electron chi connectivity index (χ1n) is 11.0. The Morgan fingerprint density at radius 3 is 2.41 bits per heavy atom.